The molecule has 0 aliphatic carbocycles. The Morgan fingerprint density at radius 1 is 1.00 bits per heavy atom. The molecule has 0 atom stereocenters. The van der Waals surface area contributed by atoms with Gasteiger partial charge in [-0.1, -0.05) is 30.3 Å². The third-order valence-corrected chi connectivity index (χ3v) is 2.60. The standard InChI is InChI=1S/C14H16N2O/c1-17-14-9-7-12(8-10-14)11-16(15)13-5-3-2-4-6-13/h2-10H,11,15H2,1H3. The van der Waals surface area contributed by atoms with Crippen LogP contribution in [-0.2, 0) is 6.54 Å². The number of nitrogens with two attached hydrogens (primary N) is 1. The molecule has 0 bridgehead atoms. The van der Waals surface area contributed by atoms with Crippen LogP contribution in [0.5, 0.6) is 5.75 Å². The normalized spacial score (nSPS) is 10.0. The topological polar surface area (TPSA) is 38.5 Å². The highest BCUT2D eigenvalue weighted by Gasteiger charge is 2.02. The number of ether oxygens (including phenoxy) is 1. The molecule has 0 aliphatic heterocycles. The Balaban J connectivity index is 2.05. The van der Waals surface area contributed by atoms with E-state index in [4.69, 9.17) is 10.6 Å². The van der Waals surface area contributed by atoms with E-state index in [-0.39, 0.29) is 0 Å². The second-order valence-corrected chi connectivity index (χ2v) is 3.81. The van der Waals surface area contributed by atoms with Gasteiger partial charge >= 0.3 is 0 Å². The number of hydrogen-bond donors (Lipinski definition) is 1. The van der Waals surface area contributed by atoms with Crippen molar-refractivity contribution in [1.29, 1.82) is 0 Å². The first kappa shape index (κ1) is 11.5. The van der Waals surface area contributed by atoms with E-state index in [0.717, 1.165) is 17.0 Å². The zero-order chi connectivity index (χ0) is 12.1. The third-order valence-electron chi connectivity index (χ3n) is 2.60. The molecule has 0 fully saturated rings. The van der Waals surface area contributed by atoms with E-state index < -0.39 is 0 Å². The van der Waals surface area contributed by atoms with Crippen LogP contribution >= 0.6 is 0 Å². The molecule has 0 heterocycles. The largest absolute Gasteiger partial charge is 0.497 e. The molecule has 0 saturated heterocycles. The number of rotatable bonds is 4. The van der Waals surface area contributed by atoms with Crippen LogP contribution in [0.25, 0.3) is 0 Å². The molecule has 0 aliphatic rings. The van der Waals surface area contributed by atoms with Crippen LogP contribution < -0.4 is 15.6 Å². The van der Waals surface area contributed by atoms with Gasteiger partial charge in [-0.2, -0.15) is 0 Å². The Morgan fingerprint density at radius 3 is 2.24 bits per heavy atom. The number of methoxy groups -OCH3 is 1. The van der Waals surface area contributed by atoms with Gasteiger partial charge in [0.05, 0.1) is 19.3 Å². The maximum atomic E-state index is 6.00. The number of nitrogens with zero attached hydrogens (tertiary/aromatic N) is 1. The number of hydrogen-bond acceptors (Lipinski definition) is 3. The fourth-order valence-electron chi connectivity index (χ4n) is 1.64. The van der Waals surface area contributed by atoms with Crippen molar-refractivity contribution in [3.05, 3.63) is 60.2 Å². The van der Waals surface area contributed by atoms with Gasteiger partial charge in [-0.3, -0.25) is 0 Å². The van der Waals surface area contributed by atoms with E-state index in [1.807, 2.05) is 54.6 Å². The van der Waals surface area contributed by atoms with Crippen molar-refractivity contribution in [2.45, 2.75) is 6.54 Å². The SMILES string of the molecule is COc1ccc(CN(N)c2ccccc2)cc1. The molecule has 0 unspecified atom stereocenters. The first-order valence-electron chi connectivity index (χ1n) is 5.50. The van der Waals surface area contributed by atoms with Gasteiger partial charge in [0, 0.05) is 0 Å². The van der Waals surface area contributed by atoms with Gasteiger partial charge in [-0.25, -0.2) is 5.84 Å². The quantitative estimate of drug-likeness (QED) is 0.645. The minimum Gasteiger partial charge on any atom is -0.497 e. The Labute approximate surface area is 101 Å². The highest BCUT2D eigenvalue weighted by Crippen LogP contribution is 2.15. The highest BCUT2D eigenvalue weighted by atomic mass is 16.5. The van der Waals surface area contributed by atoms with Crippen LogP contribution in [0.3, 0.4) is 0 Å². The van der Waals surface area contributed by atoms with Gasteiger partial charge in [-0.05, 0) is 29.8 Å². The molecular weight excluding hydrogens is 212 g/mol. The Morgan fingerprint density at radius 2 is 1.65 bits per heavy atom. The van der Waals surface area contributed by atoms with Gasteiger partial charge in [0.1, 0.15) is 5.75 Å². The summed E-state index contributed by atoms with van der Waals surface area (Å²) in [7, 11) is 1.66. The average Bonchev–Trinajstić information content (AvgIpc) is 2.40. The van der Waals surface area contributed by atoms with Crippen LogP contribution in [0.2, 0.25) is 0 Å². The monoisotopic (exact) mass is 228 g/mol. The molecule has 2 aromatic rings. The van der Waals surface area contributed by atoms with Crippen molar-refractivity contribution in [3.8, 4) is 5.75 Å². The van der Waals surface area contributed by atoms with E-state index in [1.165, 1.54) is 0 Å². The summed E-state index contributed by atoms with van der Waals surface area (Å²) in [5.74, 6) is 6.86. The lowest BCUT2D eigenvalue weighted by Gasteiger charge is -2.18. The predicted molar refractivity (Wildman–Crippen MR) is 69.8 cm³/mol. The smallest absolute Gasteiger partial charge is 0.118 e. The minimum absolute atomic E-state index is 0.675. The molecule has 88 valence electrons. The first-order chi connectivity index (χ1) is 8.29. The summed E-state index contributed by atoms with van der Waals surface area (Å²) in [5.41, 5.74) is 2.15. The molecule has 3 nitrogen and oxygen atoms in total. The Bertz CT molecular complexity index is 453. The fourth-order valence-corrected chi connectivity index (χ4v) is 1.64. The van der Waals surface area contributed by atoms with E-state index in [2.05, 4.69) is 0 Å². The molecule has 0 amide bonds. The average molecular weight is 228 g/mol. The van der Waals surface area contributed by atoms with Crippen LogP contribution in [-0.4, -0.2) is 7.11 Å². The van der Waals surface area contributed by atoms with Gasteiger partial charge in [-0.15, -0.1) is 0 Å². The zero-order valence-corrected chi connectivity index (χ0v) is 9.84. The third kappa shape index (κ3) is 2.98. The van der Waals surface area contributed by atoms with Crippen LogP contribution in [0.4, 0.5) is 5.69 Å². The van der Waals surface area contributed by atoms with E-state index >= 15 is 0 Å². The van der Waals surface area contributed by atoms with Crippen LogP contribution in [0.1, 0.15) is 5.56 Å². The maximum absolute atomic E-state index is 6.00. The second-order valence-electron chi connectivity index (χ2n) is 3.81. The van der Waals surface area contributed by atoms with Crippen molar-refractivity contribution in [2.75, 3.05) is 12.1 Å². The van der Waals surface area contributed by atoms with Crippen LogP contribution in [0, 0.1) is 0 Å². The summed E-state index contributed by atoms with van der Waals surface area (Å²) >= 11 is 0. The first-order valence-corrected chi connectivity index (χ1v) is 5.50. The number of para-hydroxylation sites is 1. The molecule has 2 N–H and O–H groups in total. The summed E-state index contributed by atoms with van der Waals surface area (Å²) in [4.78, 5) is 0. The minimum atomic E-state index is 0.675. The molecule has 0 aromatic heterocycles. The van der Waals surface area contributed by atoms with Gasteiger partial charge in [0.15, 0.2) is 0 Å². The van der Waals surface area contributed by atoms with Gasteiger partial charge < -0.3 is 9.75 Å². The summed E-state index contributed by atoms with van der Waals surface area (Å²) in [6, 6.07) is 17.8. The van der Waals surface area contributed by atoms with Crippen molar-refractivity contribution in [3.63, 3.8) is 0 Å². The number of hydrazine groups is 1. The summed E-state index contributed by atoms with van der Waals surface area (Å²) in [6.45, 7) is 0.675. The maximum Gasteiger partial charge on any atom is 0.118 e. The zero-order valence-electron chi connectivity index (χ0n) is 9.84. The van der Waals surface area contributed by atoms with Crippen molar-refractivity contribution < 1.29 is 4.74 Å². The molecular formula is C14H16N2O. The molecule has 0 radical (unpaired) electrons. The lowest BCUT2D eigenvalue weighted by molar-refractivity contribution is 0.414. The van der Waals surface area contributed by atoms with Gasteiger partial charge in [0.2, 0.25) is 0 Å². The van der Waals surface area contributed by atoms with Crippen molar-refractivity contribution >= 4 is 5.69 Å². The van der Waals surface area contributed by atoms with E-state index in [1.54, 1.807) is 12.1 Å². The summed E-state index contributed by atoms with van der Waals surface area (Å²) < 4.78 is 5.11. The number of anilines is 1. The summed E-state index contributed by atoms with van der Waals surface area (Å²) in [5, 5.41) is 1.72. The lowest BCUT2D eigenvalue weighted by Crippen LogP contribution is -2.29. The predicted octanol–water partition coefficient (Wildman–Crippen LogP) is 2.58. The van der Waals surface area contributed by atoms with E-state index in [9.17, 15) is 0 Å². The lowest BCUT2D eigenvalue weighted by atomic mass is 10.2. The highest BCUT2D eigenvalue weighted by molar-refractivity contribution is 5.45. The molecule has 17 heavy (non-hydrogen) atoms. The Hall–Kier alpha value is -2.00. The molecule has 3 heteroatoms. The number of benzene rings is 2. The van der Waals surface area contributed by atoms with E-state index in [0.29, 0.717) is 6.54 Å². The van der Waals surface area contributed by atoms with Crippen molar-refractivity contribution in [2.24, 2.45) is 5.84 Å². The van der Waals surface area contributed by atoms with Crippen molar-refractivity contribution in [1.82, 2.24) is 0 Å². The Kier molecular flexibility index (Phi) is 3.62. The fraction of sp³-hybridized carbons (Fsp3) is 0.143. The molecule has 0 spiro atoms. The van der Waals surface area contributed by atoms with Gasteiger partial charge in [0.25, 0.3) is 0 Å². The second kappa shape index (κ2) is 5.37. The summed E-state index contributed by atoms with van der Waals surface area (Å²) in [6.07, 6.45) is 0. The molecule has 0 saturated carbocycles. The molecule has 2 rings (SSSR count). The van der Waals surface area contributed by atoms with Crippen LogP contribution in [0.15, 0.2) is 54.6 Å². The molecule has 2 aromatic carbocycles.